The predicted octanol–water partition coefficient (Wildman–Crippen LogP) is 1.79. The molecule has 0 aliphatic heterocycles. The van der Waals surface area contributed by atoms with Crippen LogP contribution in [0.5, 0.6) is 0 Å². The molecule has 32 heavy (non-hydrogen) atoms. The molecule has 11 nitrogen and oxygen atoms in total. The first-order chi connectivity index (χ1) is 14.9. The van der Waals surface area contributed by atoms with E-state index in [0.29, 0.717) is 11.1 Å². The van der Waals surface area contributed by atoms with Crippen LogP contribution >= 0.6 is 0 Å². The number of fused-ring (bicyclic) bond motifs is 1. The number of amides is 1. The smallest absolute Gasteiger partial charge is 0.353 e. The number of ether oxygens (including phenoxy) is 1. The Morgan fingerprint density at radius 2 is 1.84 bits per heavy atom. The third-order valence-electron chi connectivity index (χ3n) is 4.46. The molecule has 0 aliphatic carbocycles. The van der Waals surface area contributed by atoms with Gasteiger partial charge in [0, 0.05) is 12.6 Å². The van der Waals surface area contributed by atoms with Gasteiger partial charge in [-0.25, -0.2) is 14.6 Å². The van der Waals surface area contributed by atoms with Crippen LogP contribution in [-0.2, 0) is 11.3 Å². The molecule has 0 radical (unpaired) electrons. The van der Waals surface area contributed by atoms with E-state index >= 15 is 0 Å². The van der Waals surface area contributed by atoms with E-state index in [1.54, 1.807) is 45.9 Å². The van der Waals surface area contributed by atoms with Gasteiger partial charge in [-0.2, -0.15) is 4.98 Å². The molecule has 1 aromatic carbocycles. The van der Waals surface area contributed by atoms with Gasteiger partial charge < -0.3 is 26.6 Å². The normalized spacial score (nSPS) is 11.4. The van der Waals surface area contributed by atoms with Gasteiger partial charge in [-0.15, -0.1) is 0 Å². The summed E-state index contributed by atoms with van der Waals surface area (Å²) in [5.74, 6) is -2.59. The first-order valence-electron chi connectivity index (χ1n) is 9.66. The van der Waals surface area contributed by atoms with Crippen LogP contribution in [0.25, 0.3) is 5.65 Å². The lowest BCUT2D eigenvalue weighted by molar-refractivity contribution is 0.00684. The summed E-state index contributed by atoms with van der Waals surface area (Å²) in [5, 5.41) is 12.1. The summed E-state index contributed by atoms with van der Waals surface area (Å²) in [4.78, 5) is 44.4. The Morgan fingerprint density at radius 3 is 2.44 bits per heavy atom. The van der Waals surface area contributed by atoms with Crippen molar-refractivity contribution in [1.29, 1.82) is 0 Å². The van der Waals surface area contributed by atoms with Crippen molar-refractivity contribution in [3.63, 3.8) is 0 Å². The summed E-state index contributed by atoms with van der Waals surface area (Å²) in [6, 6.07) is 6.18. The van der Waals surface area contributed by atoms with Crippen LogP contribution < -0.4 is 16.8 Å². The number of nitrogens with zero attached hydrogens (tertiary/aromatic N) is 3. The average Bonchev–Trinajstić information content (AvgIpc) is 2.97. The monoisotopic (exact) mass is 440 g/mol. The number of imidazole rings is 1. The van der Waals surface area contributed by atoms with Crippen molar-refractivity contribution in [3.05, 3.63) is 52.3 Å². The summed E-state index contributed by atoms with van der Waals surface area (Å²) in [6.07, 6.45) is 0. The van der Waals surface area contributed by atoms with Gasteiger partial charge in [-0.1, -0.05) is 12.1 Å². The molecule has 168 valence electrons. The molecule has 0 atom stereocenters. The Bertz CT molecular complexity index is 1240. The van der Waals surface area contributed by atoms with E-state index in [4.69, 9.17) is 16.2 Å². The number of hydrogen-bond donors (Lipinski definition) is 4. The lowest BCUT2D eigenvalue weighted by Crippen LogP contribution is -2.26. The molecule has 6 N–H and O–H groups in total. The second-order valence-corrected chi connectivity index (χ2v) is 8.18. The van der Waals surface area contributed by atoms with Gasteiger partial charge in [-0.05, 0) is 44.9 Å². The van der Waals surface area contributed by atoms with Crippen molar-refractivity contribution >= 4 is 35.3 Å². The minimum absolute atomic E-state index is 0.0230. The van der Waals surface area contributed by atoms with Crippen molar-refractivity contribution in [3.8, 4) is 0 Å². The number of nitrogens with one attached hydrogen (secondary N) is 1. The first-order valence-corrected chi connectivity index (χ1v) is 9.66. The number of benzene rings is 1. The molecule has 0 saturated carbocycles. The number of carbonyl (C=O) groups is 3. The Balaban J connectivity index is 1.79. The standard InChI is InChI=1S/C21H24N6O5/c1-10-7-11(5-6-12(10)19(31)32-21(2,3)4)9-24-17(28)13-8-14(18(29)30)27-16(25-13)15(22)26-20(27)23/h5-8H,9,22H2,1-4H3,(H2,23,26)(H,24,28)(H,29,30). The number of carboxylic acids is 1. The Hall–Kier alpha value is -4.15. The van der Waals surface area contributed by atoms with Gasteiger partial charge in [0.2, 0.25) is 5.95 Å². The zero-order valence-electron chi connectivity index (χ0n) is 18.1. The zero-order valence-corrected chi connectivity index (χ0v) is 18.1. The van der Waals surface area contributed by atoms with Crippen LogP contribution in [0.4, 0.5) is 11.8 Å². The molecular formula is C21H24N6O5. The van der Waals surface area contributed by atoms with Crippen molar-refractivity contribution < 1.29 is 24.2 Å². The van der Waals surface area contributed by atoms with E-state index < -0.39 is 23.4 Å². The van der Waals surface area contributed by atoms with Crippen LogP contribution in [0, 0.1) is 6.92 Å². The number of nitrogen functional groups attached to an aromatic ring is 2. The number of esters is 1. The van der Waals surface area contributed by atoms with E-state index in [1.807, 2.05) is 0 Å². The largest absolute Gasteiger partial charge is 0.477 e. The van der Waals surface area contributed by atoms with Crippen LogP contribution in [0.15, 0.2) is 24.3 Å². The molecule has 0 saturated heterocycles. The van der Waals surface area contributed by atoms with Gasteiger partial charge in [0.25, 0.3) is 5.91 Å². The molecule has 3 rings (SSSR count). The van der Waals surface area contributed by atoms with Gasteiger partial charge in [0.05, 0.1) is 5.56 Å². The topological polar surface area (TPSA) is 175 Å². The highest BCUT2D eigenvalue weighted by atomic mass is 16.6. The summed E-state index contributed by atoms with van der Waals surface area (Å²) in [5.41, 5.74) is 12.2. The van der Waals surface area contributed by atoms with Crippen molar-refractivity contribution in [2.45, 2.75) is 39.8 Å². The number of aromatic carboxylic acids is 1. The second kappa shape index (κ2) is 8.17. The molecule has 0 bridgehead atoms. The quantitative estimate of drug-likeness (QED) is 0.431. The van der Waals surface area contributed by atoms with Crippen molar-refractivity contribution in [1.82, 2.24) is 19.7 Å². The van der Waals surface area contributed by atoms with E-state index in [2.05, 4.69) is 15.3 Å². The number of rotatable bonds is 5. The van der Waals surface area contributed by atoms with E-state index in [9.17, 15) is 19.5 Å². The Kier molecular flexibility index (Phi) is 5.76. The Labute approximate surface area is 183 Å². The van der Waals surface area contributed by atoms with E-state index in [1.165, 1.54) is 0 Å². The summed E-state index contributed by atoms with van der Waals surface area (Å²) in [7, 11) is 0. The fourth-order valence-electron chi connectivity index (χ4n) is 3.08. The molecule has 2 heterocycles. The van der Waals surface area contributed by atoms with Gasteiger partial charge >= 0.3 is 11.9 Å². The van der Waals surface area contributed by atoms with E-state index in [0.717, 1.165) is 16.0 Å². The number of anilines is 2. The van der Waals surface area contributed by atoms with Crippen LogP contribution in [0.2, 0.25) is 0 Å². The predicted molar refractivity (Wildman–Crippen MR) is 116 cm³/mol. The maximum atomic E-state index is 12.6. The molecule has 3 aromatic rings. The second-order valence-electron chi connectivity index (χ2n) is 8.18. The molecule has 0 aliphatic rings. The molecule has 1 amide bonds. The fraction of sp³-hybridized carbons (Fsp3) is 0.286. The van der Waals surface area contributed by atoms with E-state index in [-0.39, 0.29) is 35.3 Å². The maximum absolute atomic E-state index is 12.6. The molecule has 0 unspecified atom stereocenters. The molecule has 0 spiro atoms. The Morgan fingerprint density at radius 1 is 1.16 bits per heavy atom. The molecule has 11 heteroatoms. The maximum Gasteiger partial charge on any atom is 0.353 e. The van der Waals surface area contributed by atoms with Crippen molar-refractivity contribution in [2.75, 3.05) is 11.5 Å². The minimum Gasteiger partial charge on any atom is -0.477 e. The molecule has 2 aromatic heterocycles. The summed E-state index contributed by atoms with van der Waals surface area (Å²) >= 11 is 0. The number of aryl methyl sites for hydroxylation is 1. The lowest BCUT2D eigenvalue weighted by Gasteiger charge is -2.20. The summed E-state index contributed by atoms with van der Waals surface area (Å²) < 4.78 is 6.45. The SMILES string of the molecule is Cc1cc(CNC(=O)c2cc(C(=O)O)n3c(N)nc(N)c3n2)ccc1C(=O)OC(C)(C)C. The van der Waals surface area contributed by atoms with Gasteiger partial charge in [0.1, 0.15) is 17.0 Å². The third kappa shape index (κ3) is 4.61. The number of nitrogens with two attached hydrogens (primary N) is 2. The number of carboxylic acid groups (broad SMARTS) is 1. The van der Waals surface area contributed by atoms with Gasteiger partial charge in [-0.3, -0.25) is 9.20 Å². The highest BCUT2D eigenvalue weighted by Gasteiger charge is 2.21. The average molecular weight is 440 g/mol. The summed E-state index contributed by atoms with van der Waals surface area (Å²) in [6.45, 7) is 7.26. The zero-order chi connectivity index (χ0) is 23.8. The minimum atomic E-state index is -1.32. The number of carbonyl (C=O) groups excluding carboxylic acids is 2. The fourth-order valence-corrected chi connectivity index (χ4v) is 3.08. The lowest BCUT2D eigenvalue weighted by atomic mass is 10.0. The molecule has 0 fully saturated rings. The third-order valence-corrected chi connectivity index (χ3v) is 4.46. The van der Waals surface area contributed by atoms with Gasteiger partial charge in [0.15, 0.2) is 11.5 Å². The molecular weight excluding hydrogens is 416 g/mol. The number of aromatic nitrogens is 3. The van der Waals surface area contributed by atoms with Crippen LogP contribution in [-0.4, -0.2) is 42.9 Å². The highest BCUT2D eigenvalue weighted by molar-refractivity contribution is 5.97. The number of hydrogen-bond acceptors (Lipinski definition) is 8. The first kappa shape index (κ1) is 22.5. The van der Waals surface area contributed by atoms with Crippen molar-refractivity contribution in [2.24, 2.45) is 0 Å². The van der Waals surface area contributed by atoms with Crippen LogP contribution in [0.3, 0.4) is 0 Å². The van der Waals surface area contributed by atoms with Crippen LogP contribution in [0.1, 0.15) is 63.2 Å². The highest BCUT2D eigenvalue weighted by Crippen LogP contribution is 2.19.